The summed E-state index contributed by atoms with van der Waals surface area (Å²) in [5, 5.41) is -0.560. The molecule has 4 heteroatoms. The molecule has 9 heavy (non-hydrogen) atoms. The number of rotatable bonds is 1. The first-order chi connectivity index (χ1) is 3.80. The second-order valence-corrected chi connectivity index (χ2v) is 1.59. The van der Waals surface area contributed by atoms with Crippen LogP contribution in [0.2, 0.25) is 0 Å². The Labute approximate surface area is 63.2 Å². The van der Waals surface area contributed by atoms with Crippen LogP contribution >= 0.6 is 11.6 Å². The van der Waals surface area contributed by atoms with Crippen LogP contribution in [-0.4, -0.2) is 5.24 Å². The summed E-state index contributed by atoms with van der Waals surface area (Å²) < 4.78 is 4.61. The van der Waals surface area contributed by atoms with Gasteiger partial charge in [-0.25, -0.2) is 0 Å². The van der Waals surface area contributed by atoms with E-state index in [0.29, 0.717) is 0 Å². The van der Waals surface area contributed by atoms with Crippen LogP contribution in [0.5, 0.6) is 0 Å². The smallest absolute Gasteiger partial charge is 0.287 e. The molecule has 50 valence electrons. The van der Waals surface area contributed by atoms with Crippen LogP contribution in [-0.2, 0) is 0 Å². The molecule has 1 heterocycles. The first-order valence-corrected chi connectivity index (χ1v) is 2.42. The molecule has 0 atom stereocenters. The number of furan rings is 1. The largest absolute Gasteiger partial charge is 1.00 e. The first-order valence-electron chi connectivity index (χ1n) is 2.04. The third-order valence-electron chi connectivity index (χ3n) is 0.715. The summed E-state index contributed by atoms with van der Waals surface area (Å²) in [7, 11) is 0. The van der Waals surface area contributed by atoms with Crippen molar-refractivity contribution in [1.29, 1.82) is 0 Å². The fraction of sp³-hybridized carbons (Fsp3) is 0. The Morgan fingerprint density at radius 1 is 1.67 bits per heavy atom. The third-order valence-corrected chi connectivity index (χ3v) is 0.901. The Kier molecular flexibility index (Phi) is 3.35. The van der Waals surface area contributed by atoms with Crippen LogP contribution in [0.1, 0.15) is 10.6 Å². The van der Waals surface area contributed by atoms with E-state index in [1.165, 1.54) is 12.3 Å². The molecule has 1 rings (SSSR count). The van der Waals surface area contributed by atoms with Gasteiger partial charge in [-0.15, -0.1) is 0 Å². The second-order valence-electron chi connectivity index (χ2n) is 1.25. The van der Waals surface area contributed by atoms with Crippen molar-refractivity contribution in [3.05, 3.63) is 24.2 Å². The van der Waals surface area contributed by atoms with Gasteiger partial charge in [0, 0.05) is 0 Å². The normalized spacial score (nSPS) is 8.11. The Hall–Kier alpha value is -0.470. The number of halogens is 2. The molecule has 0 aliphatic rings. The van der Waals surface area contributed by atoms with Crippen LogP contribution in [0.15, 0.2) is 22.8 Å². The van der Waals surface area contributed by atoms with E-state index >= 15 is 0 Å². The maximum Gasteiger partial charge on any atom is 0.287 e. The SMILES string of the molecule is O=C(Cl)c1ccco1.[Cl-]. The highest BCUT2D eigenvalue weighted by Crippen LogP contribution is 2.02. The molecule has 0 aliphatic heterocycles. The minimum Gasteiger partial charge on any atom is -1.00 e. The van der Waals surface area contributed by atoms with Gasteiger partial charge < -0.3 is 16.8 Å². The van der Waals surface area contributed by atoms with Crippen molar-refractivity contribution in [3.63, 3.8) is 0 Å². The molecule has 0 aliphatic carbocycles. The molecule has 0 unspecified atom stereocenters. The van der Waals surface area contributed by atoms with Crippen LogP contribution in [0, 0.1) is 0 Å². The lowest BCUT2D eigenvalue weighted by atomic mass is 10.5. The average molecular weight is 166 g/mol. The molecule has 1 aromatic heterocycles. The molecule has 0 radical (unpaired) electrons. The summed E-state index contributed by atoms with van der Waals surface area (Å²) in [4.78, 5) is 10.2. The van der Waals surface area contributed by atoms with Gasteiger partial charge in [0.15, 0.2) is 5.76 Å². The minimum absolute atomic E-state index is 0. The number of hydrogen-bond donors (Lipinski definition) is 0. The number of carbonyl (C=O) groups is 1. The van der Waals surface area contributed by atoms with Gasteiger partial charge in [0.1, 0.15) is 0 Å². The lowest BCUT2D eigenvalue weighted by Gasteiger charge is -1.77. The van der Waals surface area contributed by atoms with Gasteiger partial charge in [-0.3, -0.25) is 4.79 Å². The van der Waals surface area contributed by atoms with E-state index in [0.717, 1.165) is 0 Å². The quantitative estimate of drug-likeness (QED) is 0.483. The molecule has 0 N–H and O–H groups in total. The lowest BCUT2D eigenvalue weighted by molar-refractivity contribution is -0.00000867. The van der Waals surface area contributed by atoms with Gasteiger partial charge in [0.25, 0.3) is 5.24 Å². The van der Waals surface area contributed by atoms with Gasteiger partial charge in [-0.1, -0.05) is 0 Å². The Balaban J connectivity index is 0.000000640. The van der Waals surface area contributed by atoms with Gasteiger partial charge in [0.05, 0.1) is 6.26 Å². The monoisotopic (exact) mass is 165 g/mol. The van der Waals surface area contributed by atoms with Crippen molar-refractivity contribution < 1.29 is 21.6 Å². The van der Waals surface area contributed by atoms with Crippen molar-refractivity contribution >= 4 is 16.8 Å². The Morgan fingerprint density at radius 3 is 2.56 bits per heavy atom. The van der Waals surface area contributed by atoms with E-state index in [-0.39, 0.29) is 18.2 Å². The standard InChI is InChI=1S/C5H3ClO2.ClH/c6-5(7)4-2-1-3-8-4;/h1-3H;1H/p-1. The van der Waals surface area contributed by atoms with E-state index in [4.69, 9.17) is 11.6 Å². The predicted octanol–water partition coefficient (Wildman–Crippen LogP) is -1.34. The average Bonchev–Trinajstić information content (AvgIpc) is 2.12. The summed E-state index contributed by atoms with van der Waals surface area (Å²) in [5.74, 6) is 0.187. The molecular formula is C5H3Cl2O2-. The topological polar surface area (TPSA) is 30.2 Å². The maximum absolute atomic E-state index is 10.2. The fourth-order valence-electron chi connectivity index (χ4n) is 0.390. The van der Waals surface area contributed by atoms with E-state index in [9.17, 15) is 4.79 Å². The Bertz CT molecular complexity index is 181. The maximum atomic E-state index is 10.2. The van der Waals surface area contributed by atoms with Gasteiger partial charge in [-0.2, -0.15) is 0 Å². The summed E-state index contributed by atoms with van der Waals surface area (Å²) in [6.45, 7) is 0. The predicted molar refractivity (Wildman–Crippen MR) is 28.9 cm³/mol. The van der Waals surface area contributed by atoms with Crippen LogP contribution in [0.4, 0.5) is 0 Å². The summed E-state index contributed by atoms with van der Waals surface area (Å²) in [6.07, 6.45) is 1.40. The highest BCUT2D eigenvalue weighted by Gasteiger charge is 2.00. The zero-order valence-electron chi connectivity index (χ0n) is 4.30. The highest BCUT2D eigenvalue weighted by atomic mass is 35.5. The van der Waals surface area contributed by atoms with Gasteiger partial charge in [0.2, 0.25) is 0 Å². The van der Waals surface area contributed by atoms with Crippen molar-refractivity contribution in [2.45, 2.75) is 0 Å². The van der Waals surface area contributed by atoms with Crippen molar-refractivity contribution in [2.24, 2.45) is 0 Å². The molecule has 0 fully saturated rings. The van der Waals surface area contributed by atoms with Crippen molar-refractivity contribution in [1.82, 2.24) is 0 Å². The lowest BCUT2D eigenvalue weighted by Crippen LogP contribution is -3.00. The summed E-state index contributed by atoms with van der Waals surface area (Å²) in [6, 6.07) is 3.12. The summed E-state index contributed by atoms with van der Waals surface area (Å²) in [5.41, 5.74) is 0. The highest BCUT2D eigenvalue weighted by molar-refractivity contribution is 6.67. The minimum atomic E-state index is -0.560. The third kappa shape index (κ3) is 2.08. The number of carbonyl (C=O) groups excluding carboxylic acids is 1. The molecule has 0 aromatic carbocycles. The zero-order chi connectivity index (χ0) is 5.98. The van der Waals surface area contributed by atoms with Crippen LogP contribution < -0.4 is 12.4 Å². The second kappa shape index (κ2) is 3.54. The zero-order valence-corrected chi connectivity index (χ0v) is 5.82. The molecule has 1 aromatic rings. The van der Waals surface area contributed by atoms with Crippen LogP contribution in [0.25, 0.3) is 0 Å². The molecule has 0 saturated heterocycles. The van der Waals surface area contributed by atoms with Crippen molar-refractivity contribution in [2.75, 3.05) is 0 Å². The van der Waals surface area contributed by atoms with E-state index in [1.807, 2.05) is 0 Å². The van der Waals surface area contributed by atoms with E-state index in [1.54, 1.807) is 6.07 Å². The fourth-order valence-corrected chi connectivity index (χ4v) is 0.498. The molecule has 0 saturated carbocycles. The Morgan fingerprint density at radius 2 is 2.33 bits per heavy atom. The first kappa shape index (κ1) is 8.53. The van der Waals surface area contributed by atoms with Crippen LogP contribution in [0.3, 0.4) is 0 Å². The summed E-state index contributed by atoms with van der Waals surface area (Å²) >= 11 is 5.01. The molecule has 0 amide bonds. The molecule has 0 spiro atoms. The molecular weight excluding hydrogens is 163 g/mol. The molecule has 2 nitrogen and oxygen atoms in total. The number of hydrogen-bond acceptors (Lipinski definition) is 2. The van der Waals surface area contributed by atoms with Crippen molar-refractivity contribution in [3.8, 4) is 0 Å². The van der Waals surface area contributed by atoms with E-state index < -0.39 is 5.24 Å². The van der Waals surface area contributed by atoms with Gasteiger partial charge >= 0.3 is 0 Å². The van der Waals surface area contributed by atoms with Gasteiger partial charge in [-0.05, 0) is 23.7 Å². The molecule has 0 bridgehead atoms. The van der Waals surface area contributed by atoms with E-state index in [2.05, 4.69) is 4.42 Å².